The normalized spacial score (nSPS) is 18.1. The van der Waals surface area contributed by atoms with Gasteiger partial charge in [-0.25, -0.2) is 0 Å². The lowest BCUT2D eigenvalue weighted by atomic mass is 9.89. The summed E-state index contributed by atoms with van der Waals surface area (Å²) >= 11 is 1.61. The Balaban J connectivity index is 2.09. The Labute approximate surface area is 120 Å². The van der Waals surface area contributed by atoms with Gasteiger partial charge in [-0.2, -0.15) is 13.2 Å². The van der Waals surface area contributed by atoms with Crippen molar-refractivity contribution in [1.29, 1.82) is 0 Å². The summed E-state index contributed by atoms with van der Waals surface area (Å²) < 4.78 is 38.4. The number of thioether (sulfide) groups is 1. The molecule has 0 N–H and O–H groups in total. The summed E-state index contributed by atoms with van der Waals surface area (Å²) in [6, 6.07) is 12.2. The van der Waals surface area contributed by atoms with E-state index in [2.05, 4.69) is 13.0 Å². The quantitative estimate of drug-likeness (QED) is 0.621. The molecule has 0 aliphatic carbocycles. The van der Waals surface area contributed by atoms with Crippen LogP contribution in [-0.2, 0) is 11.9 Å². The number of rotatable bonds is 0. The SMILES string of the molecule is CC1c2ccc(C(F)(F)F)cc2CSc2ccccc21. The minimum absolute atomic E-state index is 0.124. The third kappa shape index (κ3) is 2.33. The number of halogens is 3. The molecule has 0 saturated heterocycles. The number of benzene rings is 2. The predicted octanol–water partition coefficient (Wildman–Crippen LogP) is 5.46. The van der Waals surface area contributed by atoms with Crippen molar-refractivity contribution in [2.24, 2.45) is 0 Å². The van der Waals surface area contributed by atoms with Gasteiger partial charge < -0.3 is 0 Å². The predicted molar refractivity (Wildman–Crippen MR) is 75.0 cm³/mol. The van der Waals surface area contributed by atoms with Crippen molar-refractivity contribution in [3.63, 3.8) is 0 Å². The largest absolute Gasteiger partial charge is 0.416 e. The first-order valence-electron chi connectivity index (χ1n) is 6.38. The maximum Gasteiger partial charge on any atom is 0.416 e. The topological polar surface area (TPSA) is 0 Å². The lowest BCUT2D eigenvalue weighted by Gasteiger charge is -2.16. The summed E-state index contributed by atoms with van der Waals surface area (Å²) in [6.07, 6.45) is -4.28. The van der Waals surface area contributed by atoms with Crippen LogP contribution >= 0.6 is 11.8 Å². The Morgan fingerprint density at radius 2 is 1.80 bits per heavy atom. The minimum Gasteiger partial charge on any atom is -0.166 e. The average molecular weight is 294 g/mol. The molecule has 1 heterocycles. The van der Waals surface area contributed by atoms with Gasteiger partial charge in [0.15, 0.2) is 0 Å². The molecule has 0 aromatic heterocycles. The van der Waals surface area contributed by atoms with Crippen LogP contribution in [0.25, 0.3) is 0 Å². The highest BCUT2D eigenvalue weighted by atomic mass is 32.2. The van der Waals surface area contributed by atoms with Crippen LogP contribution in [0, 0.1) is 0 Å². The van der Waals surface area contributed by atoms with Crippen molar-refractivity contribution in [3.8, 4) is 0 Å². The molecule has 4 heteroatoms. The minimum atomic E-state index is -4.28. The van der Waals surface area contributed by atoms with Crippen LogP contribution in [0.1, 0.15) is 35.1 Å². The smallest absolute Gasteiger partial charge is 0.166 e. The summed E-state index contributed by atoms with van der Waals surface area (Å²) in [6.45, 7) is 2.05. The second-order valence-corrected chi connectivity index (χ2v) is 5.98. The molecule has 20 heavy (non-hydrogen) atoms. The van der Waals surface area contributed by atoms with Gasteiger partial charge >= 0.3 is 6.18 Å². The maximum absolute atomic E-state index is 12.8. The van der Waals surface area contributed by atoms with Crippen molar-refractivity contribution < 1.29 is 13.2 Å². The van der Waals surface area contributed by atoms with Gasteiger partial charge in [-0.15, -0.1) is 11.8 Å². The third-order valence-electron chi connectivity index (χ3n) is 3.71. The molecule has 2 aromatic rings. The third-order valence-corrected chi connectivity index (χ3v) is 4.84. The first kappa shape index (κ1) is 13.6. The standard InChI is InChI=1S/C16H13F3S/c1-10-13-7-6-12(16(17,18)19)8-11(13)9-20-15-5-3-2-4-14(10)15/h2-8,10H,9H2,1H3. The fourth-order valence-electron chi connectivity index (χ4n) is 2.62. The summed E-state index contributed by atoms with van der Waals surface area (Å²) in [5, 5.41) is 0. The zero-order valence-corrected chi connectivity index (χ0v) is 11.7. The van der Waals surface area contributed by atoms with Gasteiger partial charge in [0, 0.05) is 16.6 Å². The Bertz CT molecular complexity index is 646. The van der Waals surface area contributed by atoms with E-state index in [1.807, 2.05) is 18.2 Å². The van der Waals surface area contributed by atoms with Gasteiger partial charge in [0.2, 0.25) is 0 Å². The Hall–Kier alpha value is -1.42. The summed E-state index contributed by atoms with van der Waals surface area (Å²) in [4.78, 5) is 1.16. The fourth-order valence-corrected chi connectivity index (χ4v) is 3.77. The molecule has 0 radical (unpaired) electrons. The van der Waals surface area contributed by atoms with E-state index in [1.165, 1.54) is 17.7 Å². The molecular weight excluding hydrogens is 281 g/mol. The zero-order valence-electron chi connectivity index (χ0n) is 10.9. The molecule has 0 nitrogen and oxygen atoms in total. The van der Waals surface area contributed by atoms with Crippen LogP contribution in [0.2, 0.25) is 0 Å². The molecule has 1 aliphatic heterocycles. The Morgan fingerprint density at radius 1 is 1.05 bits per heavy atom. The first-order valence-corrected chi connectivity index (χ1v) is 7.37. The molecule has 0 spiro atoms. The highest BCUT2D eigenvalue weighted by Crippen LogP contribution is 2.42. The Morgan fingerprint density at radius 3 is 2.55 bits per heavy atom. The van der Waals surface area contributed by atoms with Crippen LogP contribution < -0.4 is 0 Å². The second kappa shape index (κ2) is 4.85. The average Bonchev–Trinajstić information content (AvgIpc) is 2.56. The van der Waals surface area contributed by atoms with E-state index < -0.39 is 11.7 Å². The zero-order chi connectivity index (χ0) is 14.3. The number of alkyl halides is 3. The summed E-state index contributed by atoms with van der Waals surface area (Å²) in [5.74, 6) is 0.708. The van der Waals surface area contributed by atoms with Gasteiger partial charge in [0.25, 0.3) is 0 Å². The number of hydrogen-bond donors (Lipinski definition) is 0. The van der Waals surface area contributed by atoms with Gasteiger partial charge in [-0.05, 0) is 34.9 Å². The molecule has 1 aliphatic rings. The number of fused-ring (bicyclic) bond motifs is 2. The van der Waals surface area contributed by atoms with E-state index >= 15 is 0 Å². The van der Waals surface area contributed by atoms with Crippen LogP contribution in [0.15, 0.2) is 47.4 Å². The van der Waals surface area contributed by atoms with Crippen LogP contribution in [0.3, 0.4) is 0 Å². The van der Waals surface area contributed by atoms with E-state index in [1.54, 1.807) is 17.8 Å². The van der Waals surface area contributed by atoms with E-state index in [9.17, 15) is 13.2 Å². The lowest BCUT2D eigenvalue weighted by molar-refractivity contribution is -0.137. The van der Waals surface area contributed by atoms with Gasteiger partial charge in [-0.1, -0.05) is 31.2 Å². The van der Waals surface area contributed by atoms with Gasteiger partial charge in [0.1, 0.15) is 0 Å². The van der Waals surface area contributed by atoms with Crippen molar-refractivity contribution in [2.75, 3.05) is 0 Å². The second-order valence-electron chi connectivity index (χ2n) is 4.96. The van der Waals surface area contributed by atoms with Crippen LogP contribution in [0.4, 0.5) is 13.2 Å². The van der Waals surface area contributed by atoms with Crippen molar-refractivity contribution in [2.45, 2.75) is 29.7 Å². The summed E-state index contributed by atoms with van der Waals surface area (Å²) in [5.41, 5.74) is 2.41. The molecule has 2 aromatic carbocycles. The molecular formula is C16H13F3S. The lowest BCUT2D eigenvalue weighted by Crippen LogP contribution is -2.07. The van der Waals surface area contributed by atoms with Gasteiger partial charge in [0.05, 0.1) is 5.56 Å². The molecule has 0 bridgehead atoms. The van der Waals surface area contributed by atoms with Crippen molar-refractivity contribution in [1.82, 2.24) is 0 Å². The van der Waals surface area contributed by atoms with E-state index in [0.717, 1.165) is 16.0 Å². The van der Waals surface area contributed by atoms with Crippen LogP contribution in [0.5, 0.6) is 0 Å². The monoisotopic (exact) mass is 294 g/mol. The van der Waals surface area contributed by atoms with Crippen LogP contribution in [-0.4, -0.2) is 0 Å². The molecule has 0 saturated carbocycles. The summed E-state index contributed by atoms with van der Waals surface area (Å²) in [7, 11) is 0. The molecule has 1 unspecified atom stereocenters. The number of hydrogen-bond acceptors (Lipinski definition) is 1. The molecule has 3 rings (SSSR count). The highest BCUT2D eigenvalue weighted by molar-refractivity contribution is 7.98. The Kier molecular flexibility index (Phi) is 3.28. The van der Waals surface area contributed by atoms with E-state index in [4.69, 9.17) is 0 Å². The maximum atomic E-state index is 12.8. The molecule has 1 atom stereocenters. The first-order chi connectivity index (χ1) is 9.47. The van der Waals surface area contributed by atoms with Crippen molar-refractivity contribution in [3.05, 3.63) is 64.7 Å². The van der Waals surface area contributed by atoms with E-state index in [-0.39, 0.29) is 5.92 Å². The van der Waals surface area contributed by atoms with E-state index in [0.29, 0.717) is 5.75 Å². The van der Waals surface area contributed by atoms with Gasteiger partial charge in [-0.3, -0.25) is 0 Å². The fraction of sp³-hybridized carbons (Fsp3) is 0.250. The van der Waals surface area contributed by atoms with Crippen molar-refractivity contribution >= 4 is 11.8 Å². The molecule has 0 amide bonds. The molecule has 104 valence electrons. The highest BCUT2D eigenvalue weighted by Gasteiger charge is 2.32. The molecule has 0 fully saturated rings.